The SMILES string of the molecule is CC[C@H](C(=O)NC1CCCC1)N(Cc1c(Cl)cccc1Cl)C(=O)COc1ccc(Br)cc1Cl. The van der Waals surface area contributed by atoms with Crippen molar-refractivity contribution >= 4 is 62.5 Å². The van der Waals surface area contributed by atoms with Crippen LogP contribution < -0.4 is 10.1 Å². The summed E-state index contributed by atoms with van der Waals surface area (Å²) in [4.78, 5) is 28.0. The van der Waals surface area contributed by atoms with Gasteiger partial charge in [-0.2, -0.15) is 0 Å². The van der Waals surface area contributed by atoms with Gasteiger partial charge in [-0.25, -0.2) is 0 Å². The Morgan fingerprint density at radius 2 is 1.79 bits per heavy atom. The zero-order valence-electron chi connectivity index (χ0n) is 18.3. The summed E-state index contributed by atoms with van der Waals surface area (Å²) in [7, 11) is 0. The third-order valence-corrected chi connectivity index (χ3v) is 7.22. The Balaban J connectivity index is 1.82. The molecule has 1 saturated carbocycles. The largest absolute Gasteiger partial charge is 0.482 e. The molecule has 0 heterocycles. The fourth-order valence-corrected chi connectivity index (χ4v) is 5.20. The van der Waals surface area contributed by atoms with Crippen molar-refractivity contribution in [1.82, 2.24) is 10.2 Å². The van der Waals surface area contributed by atoms with Gasteiger partial charge in [-0.15, -0.1) is 0 Å². The first-order valence-corrected chi connectivity index (χ1v) is 12.8. The summed E-state index contributed by atoms with van der Waals surface area (Å²) in [6, 6.07) is 9.76. The Labute approximate surface area is 217 Å². The lowest BCUT2D eigenvalue weighted by Gasteiger charge is -2.32. The van der Waals surface area contributed by atoms with E-state index in [0.717, 1.165) is 30.2 Å². The van der Waals surface area contributed by atoms with Gasteiger partial charge in [0.05, 0.1) is 5.02 Å². The number of carbonyl (C=O) groups excluding carboxylic acids is 2. The first-order valence-electron chi connectivity index (χ1n) is 10.9. The van der Waals surface area contributed by atoms with Crippen LogP contribution in [0.4, 0.5) is 0 Å². The number of halogens is 4. The minimum Gasteiger partial charge on any atom is -0.482 e. The van der Waals surface area contributed by atoms with Crippen molar-refractivity contribution in [3.63, 3.8) is 0 Å². The first kappa shape index (κ1) is 26.1. The number of carbonyl (C=O) groups is 2. The molecule has 0 unspecified atom stereocenters. The molecule has 1 atom stereocenters. The van der Waals surface area contributed by atoms with Gasteiger partial charge < -0.3 is 15.0 Å². The summed E-state index contributed by atoms with van der Waals surface area (Å²) in [6.07, 6.45) is 4.55. The van der Waals surface area contributed by atoms with Crippen LogP contribution >= 0.6 is 50.7 Å². The van der Waals surface area contributed by atoms with Crippen LogP contribution in [0.15, 0.2) is 40.9 Å². The minimum atomic E-state index is -0.686. The van der Waals surface area contributed by atoms with Crippen molar-refractivity contribution in [1.29, 1.82) is 0 Å². The van der Waals surface area contributed by atoms with E-state index in [1.807, 2.05) is 6.92 Å². The fourth-order valence-electron chi connectivity index (χ4n) is 3.96. The van der Waals surface area contributed by atoms with Crippen LogP contribution in [-0.4, -0.2) is 35.4 Å². The first-order chi connectivity index (χ1) is 15.8. The summed E-state index contributed by atoms with van der Waals surface area (Å²) >= 11 is 22.3. The molecule has 1 fully saturated rings. The Bertz CT molecular complexity index is 979. The maximum Gasteiger partial charge on any atom is 0.261 e. The Morgan fingerprint density at radius 1 is 1.12 bits per heavy atom. The number of benzene rings is 2. The maximum absolute atomic E-state index is 13.3. The summed E-state index contributed by atoms with van der Waals surface area (Å²) in [5.41, 5.74) is 0.586. The van der Waals surface area contributed by atoms with Gasteiger partial charge in [0, 0.05) is 32.7 Å². The van der Waals surface area contributed by atoms with Crippen molar-refractivity contribution in [2.45, 2.75) is 57.7 Å². The lowest BCUT2D eigenvalue weighted by Crippen LogP contribution is -2.52. The van der Waals surface area contributed by atoms with Crippen molar-refractivity contribution in [2.75, 3.05) is 6.61 Å². The van der Waals surface area contributed by atoms with E-state index in [-0.39, 0.29) is 31.0 Å². The number of ether oxygens (including phenoxy) is 1. The van der Waals surface area contributed by atoms with Gasteiger partial charge in [-0.05, 0) is 49.6 Å². The number of rotatable bonds is 9. The molecule has 0 spiro atoms. The van der Waals surface area contributed by atoms with Crippen LogP contribution in [0.2, 0.25) is 15.1 Å². The van der Waals surface area contributed by atoms with E-state index in [1.165, 1.54) is 4.90 Å². The zero-order valence-corrected chi connectivity index (χ0v) is 22.1. The molecule has 1 N–H and O–H groups in total. The molecular weight excluding hydrogens is 551 g/mol. The van der Waals surface area contributed by atoms with E-state index in [4.69, 9.17) is 39.5 Å². The van der Waals surface area contributed by atoms with E-state index >= 15 is 0 Å². The van der Waals surface area contributed by atoms with E-state index in [2.05, 4.69) is 21.2 Å². The van der Waals surface area contributed by atoms with Gasteiger partial charge in [0.2, 0.25) is 5.91 Å². The molecule has 2 aromatic rings. The van der Waals surface area contributed by atoms with Gasteiger partial charge >= 0.3 is 0 Å². The molecule has 1 aliphatic carbocycles. The van der Waals surface area contributed by atoms with Crippen LogP contribution in [0.25, 0.3) is 0 Å². The number of nitrogens with zero attached hydrogens (tertiary/aromatic N) is 1. The molecule has 1 aliphatic rings. The monoisotopic (exact) mass is 574 g/mol. The summed E-state index contributed by atoms with van der Waals surface area (Å²) in [5, 5.41) is 4.35. The van der Waals surface area contributed by atoms with Crippen molar-refractivity contribution < 1.29 is 14.3 Å². The Hall–Kier alpha value is -1.47. The second kappa shape index (κ2) is 12.3. The Morgan fingerprint density at radius 3 is 2.39 bits per heavy atom. The lowest BCUT2D eigenvalue weighted by molar-refractivity contribution is -0.143. The van der Waals surface area contributed by atoms with Crippen molar-refractivity contribution in [2.24, 2.45) is 0 Å². The van der Waals surface area contributed by atoms with Crippen LogP contribution in [-0.2, 0) is 16.1 Å². The predicted octanol–water partition coefficient (Wildman–Crippen LogP) is 6.65. The number of hydrogen-bond acceptors (Lipinski definition) is 3. The normalized spacial score (nSPS) is 14.7. The highest BCUT2D eigenvalue weighted by Crippen LogP contribution is 2.29. The quantitative estimate of drug-likeness (QED) is 0.364. The molecule has 0 radical (unpaired) electrons. The highest BCUT2D eigenvalue weighted by atomic mass is 79.9. The van der Waals surface area contributed by atoms with Gasteiger partial charge in [0.15, 0.2) is 6.61 Å². The smallest absolute Gasteiger partial charge is 0.261 e. The topological polar surface area (TPSA) is 58.6 Å². The lowest BCUT2D eigenvalue weighted by atomic mass is 10.1. The number of hydrogen-bond donors (Lipinski definition) is 1. The van der Waals surface area contributed by atoms with Crippen LogP contribution in [0, 0.1) is 0 Å². The molecule has 2 amide bonds. The molecule has 0 aliphatic heterocycles. The van der Waals surface area contributed by atoms with Crippen LogP contribution in [0.5, 0.6) is 5.75 Å². The van der Waals surface area contributed by atoms with Gasteiger partial charge in [-0.3, -0.25) is 9.59 Å². The molecule has 3 rings (SSSR count). The number of nitrogens with one attached hydrogen (secondary N) is 1. The minimum absolute atomic E-state index is 0.0887. The van der Waals surface area contributed by atoms with E-state index in [9.17, 15) is 9.59 Å². The average Bonchev–Trinajstić information content (AvgIpc) is 3.27. The fraction of sp³-hybridized carbons (Fsp3) is 0.417. The predicted molar refractivity (Wildman–Crippen MR) is 136 cm³/mol. The van der Waals surface area contributed by atoms with Gasteiger partial charge in [0.1, 0.15) is 11.8 Å². The third kappa shape index (κ3) is 7.01. The zero-order chi connectivity index (χ0) is 24.0. The molecule has 33 heavy (non-hydrogen) atoms. The molecular formula is C24H26BrCl3N2O3. The number of amides is 2. The van der Waals surface area contributed by atoms with Crippen LogP contribution in [0.3, 0.4) is 0 Å². The van der Waals surface area contributed by atoms with E-state index in [1.54, 1.807) is 36.4 Å². The second-order valence-electron chi connectivity index (χ2n) is 8.00. The van der Waals surface area contributed by atoms with Gasteiger partial charge in [0.25, 0.3) is 5.91 Å². The van der Waals surface area contributed by atoms with Crippen molar-refractivity contribution in [3.8, 4) is 5.75 Å². The summed E-state index contributed by atoms with van der Waals surface area (Å²) < 4.78 is 6.50. The summed E-state index contributed by atoms with van der Waals surface area (Å²) in [6.45, 7) is 1.68. The van der Waals surface area contributed by atoms with E-state index in [0.29, 0.717) is 32.8 Å². The van der Waals surface area contributed by atoms with Crippen molar-refractivity contribution in [3.05, 3.63) is 61.5 Å². The summed E-state index contributed by atoms with van der Waals surface area (Å²) in [5.74, 6) is -0.159. The molecule has 0 bridgehead atoms. The molecule has 5 nitrogen and oxygen atoms in total. The molecule has 0 saturated heterocycles. The maximum atomic E-state index is 13.3. The highest BCUT2D eigenvalue weighted by molar-refractivity contribution is 9.10. The Kier molecular flexibility index (Phi) is 9.74. The highest BCUT2D eigenvalue weighted by Gasteiger charge is 2.31. The second-order valence-corrected chi connectivity index (χ2v) is 10.1. The molecule has 178 valence electrons. The molecule has 9 heteroatoms. The molecule has 2 aromatic carbocycles. The average molecular weight is 577 g/mol. The standard InChI is InChI=1S/C24H26BrCl3N2O3/c1-2-21(24(32)29-16-6-3-4-7-16)30(13-17-18(26)8-5-9-19(17)27)23(31)14-33-22-11-10-15(25)12-20(22)28/h5,8-12,16,21H,2-4,6-7,13-14H2,1H3,(H,29,32)/t21-/m1/s1. The molecule has 0 aromatic heterocycles. The van der Waals surface area contributed by atoms with Crippen LogP contribution in [0.1, 0.15) is 44.6 Å². The van der Waals surface area contributed by atoms with Gasteiger partial charge in [-0.1, -0.05) is 76.6 Å². The van der Waals surface area contributed by atoms with E-state index < -0.39 is 6.04 Å². The third-order valence-electron chi connectivity index (χ3n) is 5.72.